The second-order valence-corrected chi connectivity index (χ2v) is 7.92. The number of rotatable bonds is 5. The SMILES string of the molecule is O=S1(=O)CCC(Oc2c(F)cc(CNC3CC3)cc2F)C1. The van der Waals surface area contributed by atoms with Gasteiger partial charge in [-0.1, -0.05) is 0 Å². The lowest BCUT2D eigenvalue weighted by Gasteiger charge is -2.14. The second-order valence-electron chi connectivity index (χ2n) is 5.69. The van der Waals surface area contributed by atoms with E-state index in [2.05, 4.69) is 5.32 Å². The summed E-state index contributed by atoms with van der Waals surface area (Å²) in [7, 11) is -3.14. The van der Waals surface area contributed by atoms with E-state index in [-0.39, 0.29) is 17.9 Å². The highest BCUT2D eigenvalue weighted by Crippen LogP contribution is 2.27. The Kier molecular flexibility index (Phi) is 3.88. The molecule has 1 aromatic rings. The molecule has 1 heterocycles. The fourth-order valence-electron chi connectivity index (χ4n) is 2.40. The highest BCUT2D eigenvalue weighted by atomic mass is 32.2. The maximum atomic E-state index is 14.0. The summed E-state index contributed by atoms with van der Waals surface area (Å²) in [4.78, 5) is 0. The molecule has 1 unspecified atom stereocenters. The fraction of sp³-hybridized carbons (Fsp3) is 0.571. The van der Waals surface area contributed by atoms with Crippen molar-refractivity contribution in [3.05, 3.63) is 29.3 Å². The molecule has 116 valence electrons. The van der Waals surface area contributed by atoms with E-state index in [9.17, 15) is 17.2 Å². The van der Waals surface area contributed by atoms with Crippen LogP contribution in [-0.2, 0) is 16.4 Å². The summed E-state index contributed by atoms with van der Waals surface area (Å²) in [5, 5.41) is 3.18. The third kappa shape index (κ3) is 3.71. The highest BCUT2D eigenvalue weighted by molar-refractivity contribution is 7.91. The van der Waals surface area contributed by atoms with E-state index < -0.39 is 33.3 Å². The van der Waals surface area contributed by atoms with E-state index >= 15 is 0 Å². The smallest absolute Gasteiger partial charge is 0.191 e. The predicted molar refractivity (Wildman–Crippen MR) is 73.9 cm³/mol. The van der Waals surface area contributed by atoms with Crippen LogP contribution in [0.5, 0.6) is 5.75 Å². The standard InChI is InChI=1S/C14H17F2NO3S/c15-12-5-9(7-17-10-1-2-10)6-13(16)14(12)20-11-3-4-21(18,19)8-11/h5-6,10-11,17H,1-4,7-8H2. The average molecular weight is 317 g/mol. The summed E-state index contributed by atoms with van der Waals surface area (Å²) in [5.74, 6) is -2.23. The number of hydrogen-bond donors (Lipinski definition) is 1. The Labute approximate surface area is 122 Å². The summed E-state index contributed by atoms with van der Waals surface area (Å²) in [6, 6.07) is 2.92. The Morgan fingerprint density at radius 1 is 1.19 bits per heavy atom. The van der Waals surface area contributed by atoms with Crippen LogP contribution < -0.4 is 10.1 Å². The molecule has 4 nitrogen and oxygen atoms in total. The van der Waals surface area contributed by atoms with Crippen LogP contribution in [0.1, 0.15) is 24.8 Å². The number of benzene rings is 1. The molecule has 1 N–H and O–H groups in total. The molecule has 21 heavy (non-hydrogen) atoms. The Morgan fingerprint density at radius 2 is 1.86 bits per heavy atom. The van der Waals surface area contributed by atoms with Crippen molar-refractivity contribution in [1.82, 2.24) is 5.32 Å². The number of halogens is 2. The van der Waals surface area contributed by atoms with Crippen molar-refractivity contribution in [2.75, 3.05) is 11.5 Å². The van der Waals surface area contributed by atoms with Crippen LogP contribution in [0.3, 0.4) is 0 Å². The lowest BCUT2D eigenvalue weighted by atomic mass is 10.2. The van der Waals surface area contributed by atoms with Crippen LogP contribution >= 0.6 is 0 Å². The van der Waals surface area contributed by atoms with Crippen molar-refractivity contribution in [3.8, 4) is 5.75 Å². The molecule has 3 rings (SSSR count). The predicted octanol–water partition coefficient (Wildman–Crippen LogP) is 1.78. The van der Waals surface area contributed by atoms with E-state index in [4.69, 9.17) is 4.74 Å². The van der Waals surface area contributed by atoms with Gasteiger partial charge in [-0.2, -0.15) is 0 Å². The third-order valence-corrected chi connectivity index (χ3v) is 5.44. The molecule has 0 amide bonds. The molecule has 2 fully saturated rings. The molecule has 1 atom stereocenters. The average Bonchev–Trinajstić information content (AvgIpc) is 3.16. The molecule has 0 radical (unpaired) electrons. The van der Waals surface area contributed by atoms with Gasteiger partial charge in [-0.15, -0.1) is 0 Å². The van der Waals surface area contributed by atoms with Gasteiger partial charge in [-0.05, 0) is 37.0 Å². The molecule has 1 aromatic carbocycles. The van der Waals surface area contributed by atoms with Crippen LogP contribution in [0.15, 0.2) is 12.1 Å². The number of ether oxygens (including phenoxy) is 1. The van der Waals surface area contributed by atoms with Gasteiger partial charge in [-0.3, -0.25) is 0 Å². The first-order valence-electron chi connectivity index (χ1n) is 7.01. The lowest BCUT2D eigenvalue weighted by Crippen LogP contribution is -2.20. The van der Waals surface area contributed by atoms with Crippen LogP contribution in [0.4, 0.5) is 8.78 Å². The van der Waals surface area contributed by atoms with Gasteiger partial charge >= 0.3 is 0 Å². The van der Waals surface area contributed by atoms with Crippen LogP contribution in [0.25, 0.3) is 0 Å². The maximum Gasteiger partial charge on any atom is 0.191 e. The maximum absolute atomic E-state index is 14.0. The molecule has 2 aliphatic rings. The Hall–Kier alpha value is -1.21. The van der Waals surface area contributed by atoms with Crippen molar-refractivity contribution < 1.29 is 21.9 Å². The van der Waals surface area contributed by atoms with E-state index in [0.29, 0.717) is 18.2 Å². The molecule has 7 heteroatoms. The third-order valence-electron chi connectivity index (χ3n) is 3.71. The number of hydrogen-bond acceptors (Lipinski definition) is 4. The monoisotopic (exact) mass is 317 g/mol. The fourth-order valence-corrected chi connectivity index (χ4v) is 3.99. The second kappa shape index (κ2) is 5.53. The molecule has 0 spiro atoms. The van der Waals surface area contributed by atoms with Crippen LogP contribution in [0, 0.1) is 11.6 Å². The molecule has 1 saturated heterocycles. The minimum atomic E-state index is -3.14. The van der Waals surface area contributed by atoms with Gasteiger partial charge in [-0.25, -0.2) is 17.2 Å². The first-order valence-corrected chi connectivity index (χ1v) is 8.83. The summed E-state index contributed by atoms with van der Waals surface area (Å²) in [5.41, 5.74) is 0.517. The van der Waals surface area contributed by atoms with Crippen molar-refractivity contribution >= 4 is 9.84 Å². The van der Waals surface area contributed by atoms with Crippen molar-refractivity contribution in [3.63, 3.8) is 0 Å². The Balaban J connectivity index is 1.70. The molecular weight excluding hydrogens is 300 g/mol. The molecule has 1 aliphatic heterocycles. The summed E-state index contributed by atoms with van der Waals surface area (Å²) < 4.78 is 55.8. The van der Waals surface area contributed by atoms with Gasteiger partial charge < -0.3 is 10.1 Å². The minimum absolute atomic E-state index is 0.00426. The summed E-state index contributed by atoms with van der Waals surface area (Å²) >= 11 is 0. The zero-order chi connectivity index (χ0) is 15.0. The lowest BCUT2D eigenvalue weighted by molar-refractivity contribution is 0.207. The topological polar surface area (TPSA) is 55.4 Å². The summed E-state index contributed by atoms with van der Waals surface area (Å²) in [6.07, 6.45) is 1.80. The zero-order valence-corrected chi connectivity index (χ0v) is 12.3. The quantitative estimate of drug-likeness (QED) is 0.899. The largest absolute Gasteiger partial charge is 0.483 e. The van der Waals surface area contributed by atoms with Crippen molar-refractivity contribution in [1.29, 1.82) is 0 Å². The first-order chi connectivity index (χ1) is 9.93. The van der Waals surface area contributed by atoms with Gasteiger partial charge in [0.2, 0.25) is 0 Å². The number of nitrogens with one attached hydrogen (secondary N) is 1. The Bertz CT molecular complexity index is 621. The van der Waals surface area contributed by atoms with Gasteiger partial charge in [0.15, 0.2) is 27.2 Å². The van der Waals surface area contributed by atoms with E-state index in [0.717, 1.165) is 12.8 Å². The van der Waals surface area contributed by atoms with Gasteiger partial charge in [0, 0.05) is 12.6 Å². The highest BCUT2D eigenvalue weighted by Gasteiger charge is 2.31. The van der Waals surface area contributed by atoms with Crippen molar-refractivity contribution in [2.24, 2.45) is 0 Å². The van der Waals surface area contributed by atoms with Crippen LogP contribution in [-0.4, -0.2) is 32.1 Å². The van der Waals surface area contributed by atoms with E-state index in [1.807, 2.05) is 0 Å². The normalized spacial score (nSPS) is 24.2. The summed E-state index contributed by atoms with van der Waals surface area (Å²) in [6.45, 7) is 0.413. The van der Waals surface area contributed by atoms with Crippen molar-refractivity contribution in [2.45, 2.75) is 38.0 Å². The van der Waals surface area contributed by atoms with Gasteiger partial charge in [0.05, 0.1) is 11.5 Å². The molecule has 0 bridgehead atoms. The van der Waals surface area contributed by atoms with Crippen LogP contribution in [0.2, 0.25) is 0 Å². The van der Waals surface area contributed by atoms with E-state index in [1.165, 1.54) is 12.1 Å². The molecular formula is C14H17F2NO3S. The first kappa shape index (κ1) is 14.7. The van der Waals surface area contributed by atoms with Gasteiger partial charge in [0.25, 0.3) is 0 Å². The molecule has 1 aliphatic carbocycles. The van der Waals surface area contributed by atoms with E-state index in [1.54, 1.807) is 0 Å². The van der Waals surface area contributed by atoms with Gasteiger partial charge in [0.1, 0.15) is 6.10 Å². The number of sulfone groups is 1. The minimum Gasteiger partial charge on any atom is -0.483 e. The Morgan fingerprint density at radius 3 is 2.38 bits per heavy atom. The zero-order valence-electron chi connectivity index (χ0n) is 11.4. The molecule has 0 aromatic heterocycles. The molecule has 1 saturated carbocycles.